The number of benzene rings is 2. The number of nitrogens with zero attached hydrogens (tertiary/aromatic N) is 2. The molecule has 4 rings (SSSR count). The van der Waals surface area contributed by atoms with Crippen molar-refractivity contribution in [3.05, 3.63) is 60.6 Å². The molecule has 0 bridgehead atoms. The molecule has 1 fully saturated rings. The molecule has 30 heavy (non-hydrogen) atoms. The minimum absolute atomic E-state index is 0.212. The molecule has 0 unspecified atom stereocenters. The van der Waals surface area contributed by atoms with E-state index in [1.807, 2.05) is 0 Å². The van der Waals surface area contributed by atoms with Gasteiger partial charge in [-0.05, 0) is 42.8 Å². The standard InChI is InChI=1S/C21H17F2N3O3S/c1-12(30)25-8-15-10-26(21(27)29-15)14-3-5-16(19(23)7-14)13-2-4-17(18(22)6-13)20-9-24-11-28-20/h2-7,9,11,15H,8,10H2,1H3,(H,25,30)/t15-/m0/s1. The van der Waals surface area contributed by atoms with Gasteiger partial charge in [-0.2, -0.15) is 0 Å². The van der Waals surface area contributed by atoms with Gasteiger partial charge in [0.05, 0.1) is 35.5 Å². The second-order valence-corrected chi connectivity index (χ2v) is 7.39. The molecule has 1 aliphatic heterocycles. The van der Waals surface area contributed by atoms with Crippen molar-refractivity contribution in [2.24, 2.45) is 0 Å². The molecule has 0 saturated carbocycles. The zero-order valence-electron chi connectivity index (χ0n) is 15.9. The third-order valence-electron chi connectivity index (χ3n) is 4.69. The molecule has 1 N–H and O–H groups in total. The fraction of sp³-hybridized carbons (Fsp3) is 0.190. The van der Waals surface area contributed by atoms with Crippen molar-refractivity contribution in [3.63, 3.8) is 0 Å². The predicted molar refractivity (Wildman–Crippen MR) is 111 cm³/mol. The number of nitrogens with one attached hydrogen (secondary N) is 1. The number of hydrogen-bond acceptors (Lipinski definition) is 5. The van der Waals surface area contributed by atoms with E-state index in [0.717, 1.165) is 0 Å². The van der Waals surface area contributed by atoms with Gasteiger partial charge in [0.1, 0.15) is 17.7 Å². The highest BCUT2D eigenvalue weighted by molar-refractivity contribution is 7.80. The molecule has 3 aromatic rings. The quantitative estimate of drug-likeness (QED) is 0.601. The first kappa shape index (κ1) is 20.0. The molecule has 6 nitrogen and oxygen atoms in total. The van der Waals surface area contributed by atoms with Crippen LogP contribution in [0.15, 0.2) is 53.4 Å². The average molecular weight is 429 g/mol. The van der Waals surface area contributed by atoms with Gasteiger partial charge in [0, 0.05) is 5.56 Å². The fourth-order valence-electron chi connectivity index (χ4n) is 3.23. The van der Waals surface area contributed by atoms with E-state index in [4.69, 9.17) is 21.4 Å². The van der Waals surface area contributed by atoms with Gasteiger partial charge in [-0.15, -0.1) is 0 Å². The Morgan fingerprint density at radius 3 is 2.67 bits per heavy atom. The third kappa shape index (κ3) is 4.02. The van der Waals surface area contributed by atoms with Gasteiger partial charge in [0.2, 0.25) is 0 Å². The van der Waals surface area contributed by atoms with Crippen LogP contribution in [0.4, 0.5) is 19.3 Å². The summed E-state index contributed by atoms with van der Waals surface area (Å²) in [7, 11) is 0. The van der Waals surface area contributed by atoms with Crippen LogP contribution < -0.4 is 10.2 Å². The Balaban J connectivity index is 1.55. The Kier molecular flexibility index (Phi) is 5.45. The van der Waals surface area contributed by atoms with Crippen LogP contribution in [0.1, 0.15) is 6.92 Å². The van der Waals surface area contributed by atoms with Crippen LogP contribution in [0.2, 0.25) is 0 Å². The molecule has 1 aliphatic rings. The number of cyclic esters (lactones) is 1. The maximum absolute atomic E-state index is 14.8. The summed E-state index contributed by atoms with van der Waals surface area (Å²) in [4.78, 5) is 17.9. The molecule has 2 aromatic carbocycles. The average Bonchev–Trinajstić information content (AvgIpc) is 3.36. The summed E-state index contributed by atoms with van der Waals surface area (Å²) in [6.07, 6.45) is 1.66. The predicted octanol–water partition coefficient (Wildman–Crippen LogP) is 4.55. The number of aromatic nitrogens is 1. The summed E-state index contributed by atoms with van der Waals surface area (Å²) in [6, 6.07) is 8.68. The Morgan fingerprint density at radius 2 is 2.00 bits per heavy atom. The number of oxazole rings is 1. The minimum atomic E-state index is -0.580. The molecule has 0 spiro atoms. The minimum Gasteiger partial charge on any atom is -0.443 e. The number of carbonyl (C=O) groups excluding carboxylic acids is 1. The molecular formula is C21H17F2N3O3S. The number of halogens is 2. The Hall–Kier alpha value is -3.33. The van der Waals surface area contributed by atoms with E-state index in [1.54, 1.807) is 19.1 Å². The van der Waals surface area contributed by atoms with Crippen molar-refractivity contribution in [2.45, 2.75) is 13.0 Å². The molecular weight excluding hydrogens is 412 g/mol. The number of thiocarbonyl (C=S) groups is 1. The van der Waals surface area contributed by atoms with Gasteiger partial charge in [0.15, 0.2) is 12.2 Å². The number of ether oxygens (including phenoxy) is 1. The normalized spacial score (nSPS) is 15.9. The van der Waals surface area contributed by atoms with E-state index >= 15 is 0 Å². The van der Waals surface area contributed by atoms with Crippen LogP contribution >= 0.6 is 12.2 Å². The Bertz CT molecular complexity index is 1100. The largest absolute Gasteiger partial charge is 0.443 e. The van der Waals surface area contributed by atoms with E-state index in [-0.39, 0.29) is 23.4 Å². The van der Waals surface area contributed by atoms with Crippen LogP contribution in [0.3, 0.4) is 0 Å². The first-order valence-corrected chi connectivity index (χ1v) is 9.54. The lowest BCUT2D eigenvalue weighted by molar-refractivity contribution is 0.143. The number of carbonyl (C=O) groups is 1. The number of amides is 1. The molecule has 1 atom stereocenters. The first-order chi connectivity index (χ1) is 14.4. The topological polar surface area (TPSA) is 67.6 Å². The van der Waals surface area contributed by atoms with Gasteiger partial charge in [-0.1, -0.05) is 18.3 Å². The SMILES string of the molecule is CC(=S)NC[C@H]1CN(c2ccc(-c3ccc(-c4cnco4)c(F)c3)c(F)c2)C(=O)O1. The van der Waals surface area contributed by atoms with E-state index in [1.165, 1.54) is 41.8 Å². The lowest BCUT2D eigenvalue weighted by Gasteiger charge is -2.15. The zero-order valence-corrected chi connectivity index (χ0v) is 16.7. The summed E-state index contributed by atoms with van der Waals surface area (Å²) < 4.78 is 39.7. The lowest BCUT2D eigenvalue weighted by atomic mass is 10.0. The van der Waals surface area contributed by atoms with Crippen LogP contribution in [-0.2, 0) is 4.74 Å². The number of hydrogen-bond donors (Lipinski definition) is 1. The van der Waals surface area contributed by atoms with E-state index < -0.39 is 23.8 Å². The fourth-order valence-corrected chi connectivity index (χ4v) is 3.32. The first-order valence-electron chi connectivity index (χ1n) is 9.13. The van der Waals surface area contributed by atoms with E-state index in [9.17, 15) is 13.6 Å². The number of anilines is 1. The van der Waals surface area contributed by atoms with Gasteiger partial charge in [-0.3, -0.25) is 4.90 Å². The van der Waals surface area contributed by atoms with Crippen molar-refractivity contribution in [3.8, 4) is 22.5 Å². The van der Waals surface area contributed by atoms with Crippen LogP contribution in [0, 0.1) is 11.6 Å². The Morgan fingerprint density at radius 1 is 1.23 bits per heavy atom. The molecule has 0 radical (unpaired) electrons. The van der Waals surface area contributed by atoms with Crippen molar-refractivity contribution in [1.29, 1.82) is 0 Å². The highest BCUT2D eigenvalue weighted by Crippen LogP contribution is 2.32. The summed E-state index contributed by atoms with van der Waals surface area (Å²) in [6.45, 7) is 2.39. The zero-order chi connectivity index (χ0) is 21.3. The van der Waals surface area contributed by atoms with Crippen molar-refractivity contribution in [1.82, 2.24) is 10.3 Å². The van der Waals surface area contributed by atoms with Gasteiger partial charge < -0.3 is 14.5 Å². The van der Waals surface area contributed by atoms with Crippen LogP contribution in [0.25, 0.3) is 22.5 Å². The van der Waals surface area contributed by atoms with Gasteiger partial charge in [-0.25, -0.2) is 18.6 Å². The second kappa shape index (κ2) is 8.19. The smallest absolute Gasteiger partial charge is 0.414 e. The highest BCUT2D eigenvalue weighted by atomic mass is 32.1. The summed E-state index contributed by atoms with van der Waals surface area (Å²) in [5.74, 6) is -0.848. The molecule has 1 aromatic heterocycles. The second-order valence-electron chi connectivity index (χ2n) is 6.78. The Labute approximate surface area is 176 Å². The van der Waals surface area contributed by atoms with Crippen molar-refractivity contribution < 1.29 is 22.7 Å². The maximum Gasteiger partial charge on any atom is 0.414 e. The van der Waals surface area contributed by atoms with E-state index in [0.29, 0.717) is 22.8 Å². The molecule has 154 valence electrons. The van der Waals surface area contributed by atoms with Crippen molar-refractivity contribution >= 4 is 29.0 Å². The summed E-state index contributed by atoms with van der Waals surface area (Å²) in [5, 5.41) is 2.95. The van der Waals surface area contributed by atoms with Gasteiger partial charge >= 0.3 is 6.09 Å². The maximum atomic E-state index is 14.8. The molecule has 2 heterocycles. The van der Waals surface area contributed by atoms with Gasteiger partial charge in [0.25, 0.3) is 0 Å². The van der Waals surface area contributed by atoms with Crippen LogP contribution in [-0.4, -0.2) is 35.3 Å². The summed E-state index contributed by atoms with van der Waals surface area (Å²) in [5.41, 5.74) is 1.17. The molecule has 9 heteroatoms. The molecule has 1 amide bonds. The number of rotatable bonds is 5. The van der Waals surface area contributed by atoms with Crippen molar-refractivity contribution in [2.75, 3.05) is 18.0 Å². The highest BCUT2D eigenvalue weighted by Gasteiger charge is 2.32. The molecule has 0 aliphatic carbocycles. The van der Waals surface area contributed by atoms with Crippen LogP contribution in [0.5, 0.6) is 0 Å². The summed E-state index contributed by atoms with van der Waals surface area (Å²) >= 11 is 4.95. The third-order valence-corrected chi connectivity index (χ3v) is 4.84. The lowest BCUT2D eigenvalue weighted by Crippen LogP contribution is -2.32. The molecule has 1 saturated heterocycles. The monoisotopic (exact) mass is 429 g/mol. The van der Waals surface area contributed by atoms with E-state index in [2.05, 4.69) is 10.3 Å².